The van der Waals surface area contributed by atoms with Crippen LogP contribution in [-0.4, -0.2) is 42.1 Å². The molecular formula is C23H32N2O5. The zero-order valence-corrected chi connectivity index (χ0v) is 17.5. The summed E-state index contributed by atoms with van der Waals surface area (Å²) < 4.78 is 5.55. The van der Waals surface area contributed by atoms with Crippen LogP contribution >= 0.6 is 0 Å². The SMILES string of the molecule is C=CCCC(=O)O[C@@H](CNC(=O)[C@H](CC=C)CC(=O)N[C@@H](C)CO)c1ccccc1. The van der Waals surface area contributed by atoms with Gasteiger partial charge in [0, 0.05) is 18.9 Å². The molecule has 0 saturated carbocycles. The van der Waals surface area contributed by atoms with Crippen LogP contribution in [0, 0.1) is 5.92 Å². The fraction of sp³-hybridized carbons (Fsp3) is 0.435. The number of allylic oxidation sites excluding steroid dienone is 2. The summed E-state index contributed by atoms with van der Waals surface area (Å²) in [6.45, 7) is 8.82. The number of aliphatic hydroxyl groups excluding tert-OH is 1. The van der Waals surface area contributed by atoms with Crippen LogP contribution in [0.1, 0.15) is 44.3 Å². The zero-order valence-electron chi connectivity index (χ0n) is 17.5. The molecular weight excluding hydrogens is 384 g/mol. The molecule has 0 radical (unpaired) electrons. The number of carbonyl (C=O) groups is 3. The first-order valence-corrected chi connectivity index (χ1v) is 10.0. The Labute approximate surface area is 178 Å². The third-order valence-electron chi connectivity index (χ3n) is 4.39. The van der Waals surface area contributed by atoms with E-state index in [0.717, 1.165) is 5.56 Å². The Kier molecular flexibility index (Phi) is 11.8. The first-order valence-electron chi connectivity index (χ1n) is 10.0. The third-order valence-corrected chi connectivity index (χ3v) is 4.39. The summed E-state index contributed by atoms with van der Waals surface area (Å²) in [6, 6.07) is 8.77. The molecule has 0 bridgehead atoms. The van der Waals surface area contributed by atoms with Gasteiger partial charge in [0.15, 0.2) is 0 Å². The quantitative estimate of drug-likeness (QED) is 0.319. The van der Waals surface area contributed by atoms with Crippen molar-refractivity contribution in [2.24, 2.45) is 5.92 Å². The lowest BCUT2D eigenvalue weighted by atomic mass is 9.99. The number of ether oxygens (including phenoxy) is 1. The van der Waals surface area contributed by atoms with E-state index < -0.39 is 12.0 Å². The molecule has 1 aromatic carbocycles. The monoisotopic (exact) mass is 416 g/mol. The Morgan fingerprint density at radius 2 is 1.87 bits per heavy atom. The van der Waals surface area contributed by atoms with E-state index in [1.807, 2.05) is 30.3 Å². The van der Waals surface area contributed by atoms with E-state index in [9.17, 15) is 14.4 Å². The number of hydrogen-bond acceptors (Lipinski definition) is 5. The molecule has 30 heavy (non-hydrogen) atoms. The van der Waals surface area contributed by atoms with Gasteiger partial charge in [-0.3, -0.25) is 14.4 Å². The summed E-state index contributed by atoms with van der Waals surface area (Å²) in [5, 5.41) is 14.5. The van der Waals surface area contributed by atoms with Crippen LogP contribution in [0.15, 0.2) is 55.6 Å². The lowest BCUT2D eigenvalue weighted by Crippen LogP contribution is -2.40. The van der Waals surface area contributed by atoms with Crippen molar-refractivity contribution in [3.63, 3.8) is 0 Å². The molecule has 0 heterocycles. The molecule has 7 nitrogen and oxygen atoms in total. The second-order valence-corrected chi connectivity index (χ2v) is 7.04. The first kappa shape index (κ1) is 25.1. The van der Waals surface area contributed by atoms with Gasteiger partial charge in [0.05, 0.1) is 19.1 Å². The van der Waals surface area contributed by atoms with E-state index in [1.54, 1.807) is 19.1 Å². The van der Waals surface area contributed by atoms with Crippen LogP contribution in [-0.2, 0) is 19.1 Å². The van der Waals surface area contributed by atoms with Crippen molar-refractivity contribution in [3.8, 4) is 0 Å². The number of esters is 1. The third kappa shape index (κ3) is 9.52. The van der Waals surface area contributed by atoms with E-state index in [0.29, 0.717) is 12.8 Å². The van der Waals surface area contributed by atoms with Crippen LogP contribution in [0.4, 0.5) is 0 Å². The molecule has 0 aromatic heterocycles. The molecule has 2 amide bonds. The average molecular weight is 417 g/mol. The minimum Gasteiger partial charge on any atom is -0.456 e. The number of aliphatic hydroxyl groups is 1. The Morgan fingerprint density at radius 3 is 2.47 bits per heavy atom. The minimum absolute atomic E-state index is 0.0304. The van der Waals surface area contributed by atoms with E-state index in [2.05, 4.69) is 23.8 Å². The molecule has 1 rings (SSSR count). The van der Waals surface area contributed by atoms with Crippen molar-refractivity contribution in [2.45, 2.75) is 44.8 Å². The second kappa shape index (κ2) is 14.1. The number of benzene rings is 1. The van der Waals surface area contributed by atoms with Gasteiger partial charge in [-0.15, -0.1) is 13.2 Å². The van der Waals surface area contributed by atoms with Gasteiger partial charge in [0.25, 0.3) is 0 Å². The summed E-state index contributed by atoms with van der Waals surface area (Å²) in [5.41, 5.74) is 0.763. The molecule has 3 atom stereocenters. The summed E-state index contributed by atoms with van der Waals surface area (Å²) in [5.74, 6) is -1.64. The molecule has 0 aliphatic heterocycles. The molecule has 0 unspecified atom stereocenters. The van der Waals surface area contributed by atoms with Crippen molar-refractivity contribution in [2.75, 3.05) is 13.2 Å². The molecule has 0 fully saturated rings. The fourth-order valence-corrected chi connectivity index (χ4v) is 2.76. The van der Waals surface area contributed by atoms with Crippen molar-refractivity contribution in [3.05, 3.63) is 61.2 Å². The van der Waals surface area contributed by atoms with Crippen LogP contribution in [0.3, 0.4) is 0 Å². The lowest BCUT2D eigenvalue weighted by Gasteiger charge is -2.21. The molecule has 3 N–H and O–H groups in total. The highest BCUT2D eigenvalue weighted by Crippen LogP contribution is 2.18. The summed E-state index contributed by atoms with van der Waals surface area (Å²) in [7, 11) is 0. The highest BCUT2D eigenvalue weighted by Gasteiger charge is 2.24. The summed E-state index contributed by atoms with van der Waals surface area (Å²) in [6.07, 6.45) is 3.60. The molecule has 0 spiro atoms. The molecule has 7 heteroatoms. The number of nitrogens with one attached hydrogen (secondary N) is 2. The highest BCUT2D eigenvalue weighted by molar-refractivity contribution is 5.86. The van der Waals surface area contributed by atoms with Crippen molar-refractivity contribution < 1.29 is 24.2 Å². The van der Waals surface area contributed by atoms with E-state index >= 15 is 0 Å². The van der Waals surface area contributed by atoms with Gasteiger partial charge in [0.1, 0.15) is 6.10 Å². The zero-order chi connectivity index (χ0) is 22.4. The Bertz CT molecular complexity index is 705. The van der Waals surface area contributed by atoms with Gasteiger partial charge in [-0.1, -0.05) is 42.5 Å². The molecule has 0 aliphatic carbocycles. The van der Waals surface area contributed by atoms with Crippen LogP contribution < -0.4 is 10.6 Å². The van der Waals surface area contributed by atoms with Gasteiger partial charge in [-0.2, -0.15) is 0 Å². The summed E-state index contributed by atoms with van der Waals surface area (Å²) >= 11 is 0. The highest BCUT2D eigenvalue weighted by atomic mass is 16.5. The Balaban J connectivity index is 2.76. The van der Waals surface area contributed by atoms with Crippen LogP contribution in [0.5, 0.6) is 0 Å². The molecule has 164 valence electrons. The lowest BCUT2D eigenvalue weighted by molar-refractivity contribution is -0.150. The average Bonchev–Trinajstić information content (AvgIpc) is 2.75. The number of hydrogen-bond donors (Lipinski definition) is 3. The normalized spacial score (nSPS) is 13.4. The van der Waals surface area contributed by atoms with Crippen LogP contribution in [0.25, 0.3) is 0 Å². The predicted molar refractivity (Wildman–Crippen MR) is 115 cm³/mol. The maximum Gasteiger partial charge on any atom is 0.306 e. The second-order valence-electron chi connectivity index (χ2n) is 7.04. The predicted octanol–water partition coefficient (Wildman–Crippen LogP) is 2.43. The van der Waals surface area contributed by atoms with Gasteiger partial charge >= 0.3 is 5.97 Å². The number of rotatable bonds is 14. The van der Waals surface area contributed by atoms with Gasteiger partial charge in [0.2, 0.25) is 11.8 Å². The standard InChI is InChI=1S/C23H32N2O5/c1-4-6-13-22(28)30-20(18-11-8-7-9-12-18)15-24-23(29)19(10-5-2)14-21(27)25-17(3)16-26/h4-5,7-9,11-12,17,19-20,26H,1-2,6,10,13-16H2,3H3,(H,24,29)(H,25,27)/t17-,19+,20-/m0/s1. The topological polar surface area (TPSA) is 105 Å². The fourth-order valence-electron chi connectivity index (χ4n) is 2.76. The Morgan fingerprint density at radius 1 is 1.17 bits per heavy atom. The Hall–Kier alpha value is -2.93. The molecule has 0 saturated heterocycles. The maximum atomic E-state index is 12.7. The van der Waals surface area contributed by atoms with E-state index in [-0.39, 0.29) is 49.8 Å². The molecule has 0 aliphatic rings. The summed E-state index contributed by atoms with van der Waals surface area (Å²) in [4.78, 5) is 36.8. The van der Waals surface area contributed by atoms with Gasteiger partial charge in [-0.05, 0) is 25.3 Å². The van der Waals surface area contributed by atoms with Crippen molar-refractivity contribution in [1.82, 2.24) is 10.6 Å². The number of carbonyl (C=O) groups excluding carboxylic acids is 3. The molecule has 1 aromatic rings. The van der Waals surface area contributed by atoms with Gasteiger partial charge < -0.3 is 20.5 Å². The largest absolute Gasteiger partial charge is 0.456 e. The minimum atomic E-state index is -0.639. The number of amides is 2. The smallest absolute Gasteiger partial charge is 0.306 e. The van der Waals surface area contributed by atoms with E-state index in [1.165, 1.54) is 0 Å². The van der Waals surface area contributed by atoms with Crippen molar-refractivity contribution in [1.29, 1.82) is 0 Å². The van der Waals surface area contributed by atoms with Crippen molar-refractivity contribution >= 4 is 17.8 Å². The maximum absolute atomic E-state index is 12.7. The van der Waals surface area contributed by atoms with E-state index in [4.69, 9.17) is 9.84 Å². The van der Waals surface area contributed by atoms with Crippen LogP contribution in [0.2, 0.25) is 0 Å². The first-order chi connectivity index (χ1) is 14.4. The van der Waals surface area contributed by atoms with Gasteiger partial charge in [-0.25, -0.2) is 0 Å².